The first-order valence-electron chi connectivity index (χ1n) is 11.6. The first-order chi connectivity index (χ1) is 17.1. The number of nitrogens with one attached hydrogen (secondary N) is 1. The predicted octanol–water partition coefficient (Wildman–Crippen LogP) is 4.26. The van der Waals surface area contributed by atoms with E-state index in [0.717, 1.165) is 22.0 Å². The van der Waals surface area contributed by atoms with Crippen LogP contribution in [0.5, 0.6) is 0 Å². The lowest BCUT2D eigenvalue weighted by atomic mass is 10.1. The average Bonchev–Trinajstić information content (AvgIpc) is 2.90. The van der Waals surface area contributed by atoms with Crippen molar-refractivity contribution < 1.29 is 14.0 Å². The standard InChI is InChI=1S/C26H26FN5O2S/c27-21-4-1-2-5-22(21)30-12-14-31(15-13-30)24(33)18-19-7-9-20(10-8-19)29-26(34)32-16-17-35-25-23(32)6-3-11-28-25/h1-11H,12-18H2,(H,29,34). The van der Waals surface area contributed by atoms with Crippen LogP contribution in [0.2, 0.25) is 0 Å². The summed E-state index contributed by atoms with van der Waals surface area (Å²) in [5.41, 5.74) is 2.96. The van der Waals surface area contributed by atoms with Crippen LogP contribution in [-0.2, 0) is 11.2 Å². The summed E-state index contributed by atoms with van der Waals surface area (Å²) in [6, 6.07) is 17.6. The molecule has 3 amide bonds. The van der Waals surface area contributed by atoms with Crippen molar-refractivity contribution in [1.29, 1.82) is 0 Å². The van der Waals surface area contributed by atoms with Crippen LogP contribution in [0, 0.1) is 5.82 Å². The molecule has 1 aromatic heterocycles. The van der Waals surface area contributed by atoms with E-state index < -0.39 is 0 Å². The van der Waals surface area contributed by atoms with E-state index in [1.54, 1.807) is 35.0 Å². The van der Waals surface area contributed by atoms with Gasteiger partial charge in [-0.2, -0.15) is 0 Å². The number of urea groups is 1. The van der Waals surface area contributed by atoms with E-state index in [0.29, 0.717) is 44.1 Å². The molecule has 2 aliphatic heterocycles. The fourth-order valence-electron chi connectivity index (χ4n) is 4.35. The molecule has 0 spiro atoms. The summed E-state index contributed by atoms with van der Waals surface area (Å²) in [6.07, 6.45) is 2.02. The second-order valence-electron chi connectivity index (χ2n) is 8.45. The fourth-order valence-corrected chi connectivity index (χ4v) is 5.28. The Morgan fingerprint density at radius 1 is 0.914 bits per heavy atom. The lowest BCUT2D eigenvalue weighted by Gasteiger charge is -2.36. The normalized spacial score (nSPS) is 15.5. The molecule has 35 heavy (non-hydrogen) atoms. The van der Waals surface area contributed by atoms with E-state index in [2.05, 4.69) is 10.3 Å². The van der Waals surface area contributed by atoms with Crippen LogP contribution in [0.4, 0.5) is 26.2 Å². The van der Waals surface area contributed by atoms with Crippen LogP contribution >= 0.6 is 11.8 Å². The molecule has 0 saturated carbocycles. The van der Waals surface area contributed by atoms with Gasteiger partial charge < -0.3 is 15.1 Å². The maximum Gasteiger partial charge on any atom is 0.326 e. The molecule has 0 atom stereocenters. The zero-order chi connectivity index (χ0) is 24.2. The number of benzene rings is 2. The smallest absolute Gasteiger partial charge is 0.326 e. The Bertz CT molecular complexity index is 1210. The summed E-state index contributed by atoms with van der Waals surface area (Å²) in [6.45, 7) is 2.94. The monoisotopic (exact) mass is 491 g/mol. The lowest BCUT2D eigenvalue weighted by molar-refractivity contribution is -0.130. The first kappa shape index (κ1) is 23.2. The van der Waals surface area contributed by atoms with Crippen LogP contribution in [0.25, 0.3) is 0 Å². The quantitative estimate of drug-likeness (QED) is 0.591. The van der Waals surface area contributed by atoms with Crippen LogP contribution in [-0.4, -0.2) is 60.3 Å². The van der Waals surface area contributed by atoms with Crippen LogP contribution < -0.4 is 15.1 Å². The van der Waals surface area contributed by atoms with Gasteiger partial charge in [0, 0.05) is 50.4 Å². The molecule has 0 unspecified atom stereocenters. The summed E-state index contributed by atoms with van der Waals surface area (Å²) in [5.74, 6) is 0.608. The zero-order valence-electron chi connectivity index (χ0n) is 19.2. The van der Waals surface area contributed by atoms with E-state index in [1.807, 2.05) is 52.3 Å². The van der Waals surface area contributed by atoms with Crippen LogP contribution in [0.15, 0.2) is 71.9 Å². The maximum absolute atomic E-state index is 14.0. The number of hydrogen-bond donors (Lipinski definition) is 1. The van der Waals surface area contributed by atoms with Gasteiger partial charge in [0.05, 0.1) is 17.8 Å². The van der Waals surface area contributed by atoms with Gasteiger partial charge in [0.25, 0.3) is 0 Å². The molecule has 3 aromatic rings. The summed E-state index contributed by atoms with van der Waals surface area (Å²) >= 11 is 1.65. The molecule has 1 fully saturated rings. The number of pyridine rings is 1. The lowest BCUT2D eigenvalue weighted by Crippen LogP contribution is -2.49. The third-order valence-electron chi connectivity index (χ3n) is 6.23. The number of carbonyl (C=O) groups is 2. The molecule has 3 heterocycles. The highest BCUT2D eigenvalue weighted by molar-refractivity contribution is 7.99. The molecule has 180 valence electrons. The van der Waals surface area contributed by atoms with Crippen LogP contribution in [0.3, 0.4) is 0 Å². The largest absolute Gasteiger partial charge is 0.366 e. The zero-order valence-corrected chi connectivity index (χ0v) is 20.0. The Labute approximate surface area is 207 Å². The van der Waals surface area contributed by atoms with Gasteiger partial charge in [-0.25, -0.2) is 14.2 Å². The van der Waals surface area contributed by atoms with E-state index in [-0.39, 0.29) is 24.2 Å². The van der Waals surface area contributed by atoms with Crippen LogP contribution in [0.1, 0.15) is 5.56 Å². The second kappa shape index (κ2) is 10.4. The number of carbonyl (C=O) groups excluding carboxylic acids is 2. The van der Waals surface area contributed by atoms with Crippen molar-refractivity contribution >= 4 is 40.8 Å². The van der Waals surface area contributed by atoms with Gasteiger partial charge in [-0.05, 0) is 42.0 Å². The molecule has 0 bridgehead atoms. The number of amides is 3. The Morgan fingerprint density at radius 2 is 1.66 bits per heavy atom. The Hall–Kier alpha value is -3.59. The minimum Gasteiger partial charge on any atom is -0.366 e. The van der Waals surface area contributed by atoms with Crippen molar-refractivity contribution in [3.05, 3.63) is 78.2 Å². The molecule has 0 radical (unpaired) electrons. The van der Waals surface area contributed by atoms with Crippen molar-refractivity contribution in [3.63, 3.8) is 0 Å². The molecule has 5 rings (SSSR count). The number of halogens is 1. The molecule has 2 aliphatic rings. The predicted molar refractivity (Wildman–Crippen MR) is 137 cm³/mol. The van der Waals surface area contributed by atoms with E-state index in [9.17, 15) is 14.0 Å². The van der Waals surface area contributed by atoms with Gasteiger partial charge in [-0.3, -0.25) is 9.69 Å². The van der Waals surface area contributed by atoms with E-state index >= 15 is 0 Å². The highest BCUT2D eigenvalue weighted by atomic mass is 32.2. The van der Waals surface area contributed by atoms with E-state index in [1.165, 1.54) is 6.07 Å². The Morgan fingerprint density at radius 3 is 2.43 bits per heavy atom. The SMILES string of the molecule is O=C(Cc1ccc(NC(=O)N2CCSc3ncccc32)cc1)N1CCN(c2ccccc2F)CC1. The molecule has 1 saturated heterocycles. The molecular formula is C26H26FN5O2S. The number of para-hydroxylation sites is 1. The van der Waals surface area contributed by atoms with Crippen molar-refractivity contribution in [3.8, 4) is 0 Å². The topological polar surface area (TPSA) is 68.8 Å². The maximum atomic E-state index is 14.0. The van der Waals surface area contributed by atoms with E-state index in [4.69, 9.17) is 0 Å². The third kappa shape index (κ3) is 5.24. The number of rotatable bonds is 4. The molecule has 0 aliphatic carbocycles. The number of fused-ring (bicyclic) bond motifs is 1. The molecule has 7 nitrogen and oxygen atoms in total. The summed E-state index contributed by atoms with van der Waals surface area (Å²) in [4.78, 5) is 35.5. The third-order valence-corrected chi connectivity index (χ3v) is 7.20. The van der Waals surface area contributed by atoms with Crippen molar-refractivity contribution in [2.45, 2.75) is 11.4 Å². The molecular weight excluding hydrogens is 465 g/mol. The number of anilines is 3. The van der Waals surface area contributed by atoms with Gasteiger partial charge >= 0.3 is 6.03 Å². The van der Waals surface area contributed by atoms with Gasteiger partial charge in [0.2, 0.25) is 5.91 Å². The highest BCUT2D eigenvalue weighted by Crippen LogP contribution is 2.32. The molecule has 1 N–H and O–H groups in total. The van der Waals surface area contributed by atoms with Gasteiger partial charge in [-0.1, -0.05) is 24.3 Å². The average molecular weight is 492 g/mol. The number of hydrogen-bond acceptors (Lipinski definition) is 5. The number of thioether (sulfide) groups is 1. The number of aromatic nitrogens is 1. The van der Waals surface area contributed by atoms with Crippen molar-refractivity contribution in [1.82, 2.24) is 9.88 Å². The van der Waals surface area contributed by atoms with Gasteiger partial charge in [0.1, 0.15) is 10.8 Å². The summed E-state index contributed by atoms with van der Waals surface area (Å²) in [5, 5.41) is 3.80. The number of nitrogens with zero attached hydrogens (tertiary/aromatic N) is 4. The summed E-state index contributed by atoms with van der Waals surface area (Å²) < 4.78 is 14.0. The van der Waals surface area contributed by atoms with Crippen molar-refractivity contribution in [2.75, 3.05) is 53.6 Å². The fraction of sp³-hybridized carbons (Fsp3) is 0.269. The highest BCUT2D eigenvalue weighted by Gasteiger charge is 2.24. The first-order valence-corrected chi connectivity index (χ1v) is 12.6. The minimum absolute atomic E-state index is 0.0462. The van der Waals surface area contributed by atoms with Gasteiger partial charge in [-0.15, -0.1) is 11.8 Å². The number of piperazine rings is 1. The van der Waals surface area contributed by atoms with Crippen molar-refractivity contribution in [2.24, 2.45) is 0 Å². The minimum atomic E-state index is -0.237. The Kier molecular flexibility index (Phi) is 6.85. The second-order valence-corrected chi connectivity index (χ2v) is 9.53. The molecule has 2 aromatic carbocycles. The Balaban J connectivity index is 1.14. The van der Waals surface area contributed by atoms with Gasteiger partial charge in [0.15, 0.2) is 0 Å². The summed E-state index contributed by atoms with van der Waals surface area (Å²) in [7, 11) is 0. The molecule has 9 heteroatoms.